The Labute approximate surface area is 224 Å². The summed E-state index contributed by atoms with van der Waals surface area (Å²) < 4.78 is 10.4. The lowest BCUT2D eigenvalue weighted by molar-refractivity contribution is -0.136. The van der Waals surface area contributed by atoms with Crippen LogP contribution in [0.15, 0.2) is 5.38 Å². The minimum absolute atomic E-state index is 0.0220. The molecule has 1 unspecified atom stereocenters. The number of rotatable bonds is 12. The third-order valence-electron chi connectivity index (χ3n) is 5.93. The largest absolute Gasteiger partial charge is 0.461 e. The van der Waals surface area contributed by atoms with Gasteiger partial charge >= 0.3 is 12.1 Å². The Hall–Kier alpha value is -2.69. The van der Waals surface area contributed by atoms with Gasteiger partial charge in [-0.2, -0.15) is 0 Å². The van der Waals surface area contributed by atoms with Gasteiger partial charge in [-0.3, -0.25) is 9.59 Å². The molecule has 1 rings (SSSR count). The van der Waals surface area contributed by atoms with Crippen molar-refractivity contribution in [1.82, 2.24) is 20.5 Å². The lowest BCUT2D eigenvalue weighted by atomic mass is 9.92. The first-order valence-electron chi connectivity index (χ1n) is 12.8. The average Bonchev–Trinajstić information content (AvgIpc) is 3.27. The maximum Gasteiger partial charge on any atom is 0.408 e. The number of hydrogen-bond acceptors (Lipinski definition) is 8. The van der Waals surface area contributed by atoms with Crippen LogP contribution in [-0.4, -0.2) is 65.1 Å². The fraction of sp³-hybridized carbons (Fsp3) is 0.731. The van der Waals surface area contributed by atoms with Crippen LogP contribution in [0.2, 0.25) is 0 Å². The van der Waals surface area contributed by atoms with Gasteiger partial charge in [-0.05, 0) is 46.0 Å². The Bertz CT molecular complexity index is 926. The van der Waals surface area contributed by atoms with E-state index in [0.29, 0.717) is 17.8 Å². The minimum atomic E-state index is -0.777. The number of nitrogens with one attached hydrogen (secondary N) is 2. The Morgan fingerprint density at radius 1 is 1.11 bits per heavy atom. The van der Waals surface area contributed by atoms with Gasteiger partial charge in [0.1, 0.15) is 16.7 Å². The van der Waals surface area contributed by atoms with Crippen molar-refractivity contribution in [3.05, 3.63) is 16.1 Å². The van der Waals surface area contributed by atoms with Crippen molar-refractivity contribution in [3.63, 3.8) is 0 Å². The van der Waals surface area contributed by atoms with E-state index in [9.17, 15) is 19.2 Å². The second-order valence-corrected chi connectivity index (χ2v) is 11.4. The maximum atomic E-state index is 13.7. The van der Waals surface area contributed by atoms with Crippen LogP contribution in [0.5, 0.6) is 0 Å². The molecule has 10 nitrogen and oxygen atoms in total. The monoisotopic (exact) mass is 540 g/mol. The van der Waals surface area contributed by atoms with Gasteiger partial charge in [-0.25, -0.2) is 14.6 Å². The van der Waals surface area contributed by atoms with Crippen LogP contribution < -0.4 is 10.6 Å². The number of likely N-dealkylation sites (N-methyl/N-ethyl adjacent to an activating group) is 1. The van der Waals surface area contributed by atoms with E-state index in [1.54, 1.807) is 45.0 Å². The summed E-state index contributed by atoms with van der Waals surface area (Å²) in [4.78, 5) is 56.4. The first kappa shape index (κ1) is 32.3. The molecule has 3 amide bonds. The number of alkyl carbamates (subject to hydrolysis) is 1. The van der Waals surface area contributed by atoms with Crippen molar-refractivity contribution in [3.8, 4) is 0 Å². The van der Waals surface area contributed by atoms with E-state index in [2.05, 4.69) is 15.6 Å². The van der Waals surface area contributed by atoms with Crippen LogP contribution >= 0.6 is 11.3 Å². The number of aromatic nitrogens is 1. The average molecular weight is 541 g/mol. The van der Waals surface area contributed by atoms with Gasteiger partial charge in [0.2, 0.25) is 11.8 Å². The lowest BCUT2D eigenvalue weighted by Crippen LogP contribution is -2.55. The zero-order chi connectivity index (χ0) is 28.5. The highest BCUT2D eigenvalue weighted by Gasteiger charge is 2.35. The van der Waals surface area contributed by atoms with Crippen LogP contribution in [0.1, 0.15) is 96.7 Å². The lowest BCUT2D eigenvalue weighted by Gasteiger charge is -2.37. The fourth-order valence-corrected chi connectivity index (χ4v) is 4.68. The maximum absolute atomic E-state index is 13.7. The highest BCUT2D eigenvalue weighted by Crippen LogP contribution is 2.28. The van der Waals surface area contributed by atoms with Gasteiger partial charge in [-0.15, -0.1) is 11.3 Å². The highest BCUT2D eigenvalue weighted by molar-refractivity contribution is 7.09. The third kappa shape index (κ3) is 10.3. The number of hydrogen-bond donors (Lipinski definition) is 2. The number of amides is 3. The SMILES string of the molecule is CCOC(=O)c1csc([C@@H](C[C@H](C(C)C)N(C)C(=O)[C@@H](NC(=O)OC(C)(C)C)C(C)CC)NC(C)=O)n1. The predicted octanol–water partition coefficient (Wildman–Crippen LogP) is 4.31. The van der Waals surface area contributed by atoms with Crippen molar-refractivity contribution < 1.29 is 28.7 Å². The molecule has 1 heterocycles. The first-order valence-corrected chi connectivity index (χ1v) is 13.6. The van der Waals surface area contributed by atoms with Crippen LogP contribution in [0, 0.1) is 11.8 Å². The smallest absolute Gasteiger partial charge is 0.408 e. The molecule has 2 N–H and O–H groups in total. The van der Waals surface area contributed by atoms with Crippen LogP contribution in [0.25, 0.3) is 0 Å². The predicted molar refractivity (Wildman–Crippen MR) is 143 cm³/mol. The molecule has 11 heteroatoms. The normalized spacial score (nSPS) is 14.8. The summed E-state index contributed by atoms with van der Waals surface area (Å²) in [6, 6.07) is -1.60. The summed E-state index contributed by atoms with van der Waals surface area (Å²) in [6.45, 7) is 16.5. The topological polar surface area (TPSA) is 127 Å². The molecule has 0 aromatic carbocycles. The van der Waals surface area contributed by atoms with E-state index in [0.717, 1.165) is 0 Å². The van der Waals surface area contributed by atoms with Crippen molar-refractivity contribution >= 4 is 35.2 Å². The van der Waals surface area contributed by atoms with E-state index in [1.807, 2.05) is 27.7 Å². The van der Waals surface area contributed by atoms with Crippen molar-refractivity contribution in [1.29, 1.82) is 0 Å². The molecule has 4 atom stereocenters. The molecule has 0 aliphatic carbocycles. The van der Waals surface area contributed by atoms with Crippen LogP contribution in [0.3, 0.4) is 0 Å². The molecular weight excluding hydrogens is 496 g/mol. The summed E-state index contributed by atoms with van der Waals surface area (Å²) in [5.74, 6) is -1.13. The molecule has 0 radical (unpaired) electrons. The zero-order valence-corrected chi connectivity index (χ0v) is 24.7. The third-order valence-corrected chi connectivity index (χ3v) is 6.88. The molecule has 0 saturated carbocycles. The number of thiazole rings is 1. The van der Waals surface area contributed by atoms with Gasteiger partial charge in [0, 0.05) is 25.4 Å². The van der Waals surface area contributed by atoms with Gasteiger partial charge < -0.3 is 25.0 Å². The molecule has 210 valence electrons. The zero-order valence-electron chi connectivity index (χ0n) is 23.8. The number of carbonyl (C=O) groups is 4. The summed E-state index contributed by atoms with van der Waals surface area (Å²) >= 11 is 1.25. The van der Waals surface area contributed by atoms with Crippen LogP contribution in [0.4, 0.5) is 4.79 Å². The van der Waals surface area contributed by atoms with Gasteiger partial charge in [0.25, 0.3) is 0 Å². The molecule has 0 spiro atoms. The fourth-order valence-electron chi connectivity index (χ4n) is 3.83. The Kier molecular flexibility index (Phi) is 12.5. The molecule has 0 saturated heterocycles. The number of esters is 1. The molecule has 0 bridgehead atoms. The van der Waals surface area contributed by atoms with E-state index in [-0.39, 0.29) is 42.0 Å². The van der Waals surface area contributed by atoms with Crippen LogP contribution in [-0.2, 0) is 19.1 Å². The second kappa shape index (κ2) is 14.3. The Balaban J connectivity index is 3.22. The molecule has 37 heavy (non-hydrogen) atoms. The molecule has 1 aromatic rings. The molecule has 1 aromatic heterocycles. The van der Waals surface area contributed by atoms with Crippen molar-refractivity contribution in [2.45, 2.75) is 98.9 Å². The van der Waals surface area contributed by atoms with Crippen molar-refractivity contribution in [2.24, 2.45) is 11.8 Å². The Morgan fingerprint density at radius 3 is 2.22 bits per heavy atom. The van der Waals surface area contributed by atoms with Crippen molar-refractivity contribution in [2.75, 3.05) is 13.7 Å². The minimum Gasteiger partial charge on any atom is -0.461 e. The Morgan fingerprint density at radius 2 is 1.73 bits per heavy atom. The first-order chi connectivity index (χ1) is 17.1. The second-order valence-electron chi connectivity index (χ2n) is 10.6. The van der Waals surface area contributed by atoms with Gasteiger partial charge in [-0.1, -0.05) is 34.1 Å². The standard InChI is InChI=1S/C26H44N4O6S/c1-11-16(5)21(29-25(34)36-26(7,8)9)23(32)30(10)20(15(3)4)13-18(27-17(6)31)22-28-19(14-37-22)24(33)35-12-2/h14-16,18,20-21H,11-13H2,1-10H3,(H,27,31)(H,29,34)/t16?,18-,20-,21+/m1/s1. The van der Waals surface area contributed by atoms with E-state index >= 15 is 0 Å². The van der Waals surface area contributed by atoms with Gasteiger partial charge in [0.05, 0.1) is 12.6 Å². The van der Waals surface area contributed by atoms with E-state index in [4.69, 9.17) is 9.47 Å². The van der Waals surface area contributed by atoms with Gasteiger partial charge in [0.15, 0.2) is 5.69 Å². The van der Waals surface area contributed by atoms with E-state index < -0.39 is 29.7 Å². The summed E-state index contributed by atoms with van der Waals surface area (Å²) in [5.41, 5.74) is -0.512. The molecular formula is C26H44N4O6S. The molecule has 0 aliphatic heterocycles. The summed E-state index contributed by atoms with van der Waals surface area (Å²) in [7, 11) is 1.70. The summed E-state index contributed by atoms with van der Waals surface area (Å²) in [6.07, 6.45) is 0.400. The number of ether oxygens (including phenoxy) is 2. The summed E-state index contributed by atoms with van der Waals surface area (Å²) in [5, 5.41) is 7.82. The quantitative estimate of drug-likeness (QED) is 0.378. The number of carbonyl (C=O) groups excluding carboxylic acids is 4. The highest BCUT2D eigenvalue weighted by atomic mass is 32.1. The molecule has 0 aliphatic rings. The molecule has 0 fully saturated rings. The van der Waals surface area contributed by atoms with E-state index in [1.165, 1.54) is 18.3 Å². The number of nitrogens with zero attached hydrogens (tertiary/aromatic N) is 2.